The van der Waals surface area contributed by atoms with Crippen molar-refractivity contribution in [3.63, 3.8) is 0 Å². The standard InChI is InChI=1S/C15H25NO4S/c1-4-19-8-6-16(7-9-20-5-2)11-13-10-14(15(17)18)21-12(13)3/h10H,4-9,11H2,1-3H3,(H,17,18). The van der Waals surface area contributed by atoms with Crippen LogP contribution in [-0.2, 0) is 16.0 Å². The Labute approximate surface area is 130 Å². The molecule has 5 nitrogen and oxygen atoms in total. The molecule has 0 bridgehead atoms. The van der Waals surface area contributed by atoms with E-state index in [1.807, 2.05) is 20.8 Å². The number of aromatic carboxylic acids is 1. The van der Waals surface area contributed by atoms with Crippen LogP contribution in [0.25, 0.3) is 0 Å². The zero-order valence-electron chi connectivity index (χ0n) is 13.1. The number of carboxylic acids is 1. The van der Waals surface area contributed by atoms with Gasteiger partial charge < -0.3 is 14.6 Å². The maximum Gasteiger partial charge on any atom is 0.345 e. The van der Waals surface area contributed by atoms with Crippen LogP contribution in [0.1, 0.15) is 34.0 Å². The van der Waals surface area contributed by atoms with Gasteiger partial charge in [-0.3, -0.25) is 4.90 Å². The maximum atomic E-state index is 11.0. The smallest absolute Gasteiger partial charge is 0.345 e. The number of ether oxygens (including phenoxy) is 2. The van der Waals surface area contributed by atoms with E-state index < -0.39 is 5.97 Å². The van der Waals surface area contributed by atoms with E-state index in [0.29, 0.717) is 31.3 Å². The Morgan fingerprint density at radius 3 is 2.24 bits per heavy atom. The van der Waals surface area contributed by atoms with Gasteiger partial charge in [0.2, 0.25) is 0 Å². The zero-order valence-corrected chi connectivity index (χ0v) is 13.9. The molecule has 0 aromatic carbocycles. The fraction of sp³-hybridized carbons (Fsp3) is 0.667. The highest BCUT2D eigenvalue weighted by atomic mass is 32.1. The van der Waals surface area contributed by atoms with Gasteiger partial charge in [-0.05, 0) is 32.4 Å². The summed E-state index contributed by atoms with van der Waals surface area (Å²) >= 11 is 1.33. The second kappa shape index (κ2) is 9.89. The summed E-state index contributed by atoms with van der Waals surface area (Å²) in [5.41, 5.74) is 1.07. The number of hydrogen-bond donors (Lipinski definition) is 1. The molecule has 0 fully saturated rings. The minimum atomic E-state index is -0.857. The van der Waals surface area contributed by atoms with Crippen molar-refractivity contribution < 1.29 is 19.4 Å². The molecule has 0 aliphatic heterocycles. The molecular weight excluding hydrogens is 290 g/mol. The van der Waals surface area contributed by atoms with E-state index in [1.165, 1.54) is 11.3 Å². The molecule has 0 radical (unpaired) electrons. The lowest BCUT2D eigenvalue weighted by Gasteiger charge is -2.22. The van der Waals surface area contributed by atoms with Crippen LogP contribution in [0, 0.1) is 6.92 Å². The average Bonchev–Trinajstić information content (AvgIpc) is 2.81. The topological polar surface area (TPSA) is 59.0 Å². The minimum absolute atomic E-state index is 0.400. The van der Waals surface area contributed by atoms with Gasteiger partial charge in [-0.15, -0.1) is 11.3 Å². The molecule has 1 heterocycles. The highest BCUT2D eigenvalue weighted by Crippen LogP contribution is 2.23. The number of nitrogens with zero attached hydrogens (tertiary/aromatic N) is 1. The fourth-order valence-electron chi connectivity index (χ4n) is 1.97. The summed E-state index contributed by atoms with van der Waals surface area (Å²) in [7, 11) is 0. The lowest BCUT2D eigenvalue weighted by molar-refractivity contribution is 0.0701. The predicted molar refractivity (Wildman–Crippen MR) is 84.3 cm³/mol. The zero-order chi connectivity index (χ0) is 15.7. The van der Waals surface area contributed by atoms with Crippen molar-refractivity contribution in [3.05, 3.63) is 21.4 Å². The van der Waals surface area contributed by atoms with Gasteiger partial charge in [-0.25, -0.2) is 4.79 Å². The summed E-state index contributed by atoms with van der Waals surface area (Å²) in [5.74, 6) is -0.857. The lowest BCUT2D eigenvalue weighted by Crippen LogP contribution is -2.30. The van der Waals surface area contributed by atoms with Gasteiger partial charge in [-0.1, -0.05) is 0 Å². The third-order valence-corrected chi connectivity index (χ3v) is 4.22. The normalized spacial score (nSPS) is 11.2. The first-order chi connectivity index (χ1) is 10.1. The van der Waals surface area contributed by atoms with Crippen LogP contribution >= 0.6 is 11.3 Å². The quantitative estimate of drug-likeness (QED) is 0.636. The number of carboxylic acid groups (broad SMARTS) is 1. The van der Waals surface area contributed by atoms with Gasteiger partial charge >= 0.3 is 5.97 Å². The molecule has 0 saturated heterocycles. The molecule has 1 N–H and O–H groups in total. The van der Waals surface area contributed by atoms with Gasteiger partial charge in [0.1, 0.15) is 4.88 Å². The van der Waals surface area contributed by atoms with Crippen LogP contribution in [0.5, 0.6) is 0 Å². The Kier molecular flexibility index (Phi) is 8.52. The van der Waals surface area contributed by atoms with Crippen molar-refractivity contribution in [1.29, 1.82) is 0 Å². The van der Waals surface area contributed by atoms with E-state index >= 15 is 0 Å². The Hall–Kier alpha value is -0.950. The molecule has 120 valence electrons. The number of rotatable bonds is 11. The summed E-state index contributed by atoms with van der Waals surface area (Å²) < 4.78 is 10.8. The Balaban J connectivity index is 2.62. The van der Waals surface area contributed by atoms with Crippen LogP contribution in [0.3, 0.4) is 0 Å². The molecule has 0 saturated carbocycles. The van der Waals surface area contributed by atoms with Crippen molar-refractivity contribution >= 4 is 17.3 Å². The van der Waals surface area contributed by atoms with E-state index in [9.17, 15) is 4.79 Å². The van der Waals surface area contributed by atoms with Crippen LogP contribution in [0.15, 0.2) is 6.07 Å². The van der Waals surface area contributed by atoms with E-state index in [1.54, 1.807) is 6.07 Å². The summed E-state index contributed by atoms with van der Waals surface area (Å²) in [5, 5.41) is 9.06. The average molecular weight is 315 g/mol. The fourth-order valence-corrected chi connectivity index (χ4v) is 2.84. The molecule has 0 aliphatic carbocycles. The van der Waals surface area contributed by atoms with Gasteiger partial charge in [0.25, 0.3) is 0 Å². The highest BCUT2D eigenvalue weighted by molar-refractivity contribution is 7.14. The molecule has 0 unspecified atom stereocenters. The van der Waals surface area contributed by atoms with Gasteiger partial charge in [0.15, 0.2) is 0 Å². The Morgan fingerprint density at radius 1 is 1.24 bits per heavy atom. The van der Waals surface area contributed by atoms with Crippen LogP contribution in [0.4, 0.5) is 0 Å². The Bertz CT molecular complexity index is 423. The first-order valence-corrected chi connectivity index (χ1v) is 8.10. The van der Waals surface area contributed by atoms with Crippen LogP contribution in [0.2, 0.25) is 0 Å². The molecule has 6 heteroatoms. The summed E-state index contributed by atoms with van der Waals surface area (Å²) in [6, 6.07) is 1.77. The van der Waals surface area contributed by atoms with Crippen molar-refractivity contribution in [2.24, 2.45) is 0 Å². The SMILES string of the molecule is CCOCCN(CCOCC)Cc1cc(C(=O)O)sc1C. The van der Waals surface area contributed by atoms with E-state index in [0.717, 1.165) is 30.1 Å². The molecule has 0 spiro atoms. The van der Waals surface area contributed by atoms with Crippen molar-refractivity contribution in [2.45, 2.75) is 27.3 Å². The third-order valence-electron chi connectivity index (χ3n) is 3.14. The second-order valence-electron chi connectivity index (χ2n) is 4.67. The van der Waals surface area contributed by atoms with Crippen molar-refractivity contribution in [1.82, 2.24) is 4.90 Å². The molecule has 1 rings (SSSR count). The predicted octanol–water partition coefficient (Wildman–Crippen LogP) is 2.63. The van der Waals surface area contributed by atoms with Crippen molar-refractivity contribution in [2.75, 3.05) is 39.5 Å². The van der Waals surface area contributed by atoms with Gasteiger partial charge in [0, 0.05) is 37.7 Å². The number of hydrogen-bond acceptors (Lipinski definition) is 5. The van der Waals surface area contributed by atoms with Gasteiger partial charge in [-0.2, -0.15) is 0 Å². The lowest BCUT2D eigenvalue weighted by atomic mass is 10.2. The molecule has 21 heavy (non-hydrogen) atoms. The molecule has 1 aromatic heterocycles. The molecular formula is C15H25NO4S. The second-order valence-corrected chi connectivity index (χ2v) is 5.92. The summed E-state index contributed by atoms with van der Waals surface area (Å²) in [6.07, 6.45) is 0. The monoisotopic (exact) mass is 315 g/mol. The highest BCUT2D eigenvalue weighted by Gasteiger charge is 2.14. The number of thiophene rings is 1. The van der Waals surface area contributed by atoms with Gasteiger partial charge in [0.05, 0.1) is 13.2 Å². The molecule has 0 aliphatic rings. The summed E-state index contributed by atoms with van der Waals surface area (Å²) in [4.78, 5) is 14.7. The molecule has 1 aromatic rings. The van der Waals surface area contributed by atoms with E-state index in [4.69, 9.17) is 14.6 Å². The van der Waals surface area contributed by atoms with E-state index in [2.05, 4.69) is 4.90 Å². The molecule has 0 atom stereocenters. The molecule has 0 amide bonds. The van der Waals surface area contributed by atoms with Crippen LogP contribution in [-0.4, -0.2) is 55.5 Å². The summed E-state index contributed by atoms with van der Waals surface area (Å²) in [6.45, 7) is 11.1. The number of carbonyl (C=O) groups is 1. The van der Waals surface area contributed by atoms with E-state index in [-0.39, 0.29) is 0 Å². The Morgan fingerprint density at radius 2 is 1.81 bits per heavy atom. The van der Waals surface area contributed by atoms with Crippen LogP contribution < -0.4 is 0 Å². The number of aryl methyl sites for hydroxylation is 1. The largest absolute Gasteiger partial charge is 0.477 e. The first kappa shape index (κ1) is 18.1. The van der Waals surface area contributed by atoms with Crippen molar-refractivity contribution in [3.8, 4) is 0 Å². The maximum absolute atomic E-state index is 11.0. The minimum Gasteiger partial charge on any atom is -0.477 e. The first-order valence-electron chi connectivity index (χ1n) is 7.28. The third kappa shape index (κ3) is 6.56.